The van der Waals surface area contributed by atoms with Crippen LogP contribution in [0.15, 0.2) is 24.3 Å². The number of carboxylic acids is 1. The summed E-state index contributed by atoms with van der Waals surface area (Å²) < 4.78 is 0.844. The van der Waals surface area contributed by atoms with Crippen molar-refractivity contribution in [3.05, 3.63) is 35.4 Å². The van der Waals surface area contributed by atoms with Crippen LogP contribution < -0.4 is 5.11 Å². The molecule has 0 aliphatic rings. The van der Waals surface area contributed by atoms with Crippen molar-refractivity contribution < 1.29 is 24.6 Å². The van der Waals surface area contributed by atoms with Gasteiger partial charge in [-0.2, -0.15) is 0 Å². The molecule has 22 heavy (non-hydrogen) atoms. The van der Waals surface area contributed by atoms with Crippen molar-refractivity contribution in [3.63, 3.8) is 0 Å². The number of rotatable bonds is 7. The molecule has 0 saturated carbocycles. The first-order valence-corrected chi connectivity index (χ1v) is 7.62. The smallest absolute Gasteiger partial charge is 0.101 e. The van der Waals surface area contributed by atoms with Crippen molar-refractivity contribution >= 4 is 5.97 Å². The number of aliphatic hydroxyl groups excluding tert-OH is 2. The molecule has 2 N–H and O–H groups in total. The normalized spacial score (nSPS) is 12.3. The van der Waals surface area contributed by atoms with Crippen LogP contribution in [0.5, 0.6) is 0 Å². The van der Waals surface area contributed by atoms with E-state index in [2.05, 4.69) is 21.1 Å². The van der Waals surface area contributed by atoms with Gasteiger partial charge in [0, 0.05) is 5.56 Å². The average Bonchev–Trinajstić information content (AvgIpc) is 2.44. The second-order valence-electron chi connectivity index (χ2n) is 6.27. The molecule has 0 aliphatic carbocycles. The summed E-state index contributed by atoms with van der Waals surface area (Å²) >= 11 is 0. The summed E-state index contributed by atoms with van der Waals surface area (Å²) in [5, 5.41) is 29.0. The van der Waals surface area contributed by atoms with Crippen LogP contribution in [-0.4, -0.2) is 55.0 Å². The van der Waals surface area contributed by atoms with Gasteiger partial charge in [-0.05, 0) is 12.0 Å². The van der Waals surface area contributed by atoms with Crippen molar-refractivity contribution in [2.75, 3.05) is 34.3 Å². The quantitative estimate of drug-likeness (QED) is 0.735. The van der Waals surface area contributed by atoms with Crippen LogP contribution in [0.3, 0.4) is 0 Å². The molecule has 1 atom stereocenters. The Hall–Kier alpha value is -1.43. The first kappa shape index (κ1) is 20.6. The van der Waals surface area contributed by atoms with Gasteiger partial charge in [-0.3, -0.25) is 0 Å². The van der Waals surface area contributed by atoms with Crippen LogP contribution in [0.25, 0.3) is 0 Å². The lowest BCUT2D eigenvalue weighted by Crippen LogP contribution is -2.36. The van der Waals surface area contributed by atoms with Gasteiger partial charge in [0.1, 0.15) is 6.54 Å². The molecule has 5 nitrogen and oxygen atoms in total. The number of hydrogen-bond donors (Lipinski definition) is 2. The number of unbranched alkanes of at least 4 members (excludes halogenated alkanes) is 1. The minimum atomic E-state index is -1.24. The van der Waals surface area contributed by atoms with Gasteiger partial charge < -0.3 is 24.6 Å². The van der Waals surface area contributed by atoms with E-state index in [-0.39, 0.29) is 12.2 Å². The highest BCUT2D eigenvalue weighted by Gasteiger charge is 2.11. The van der Waals surface area contributed by atoms with Crippen LogP contribution in [-0.2, 0) is 0 Å². The van der Waals surface area contributed by atoms with Gasteiger partial charge in [-0.1, -0.05) is 44.0 Å². The first-order valence-electron chi connectivity index (χ1n) is 7.62. The molecule has 1 rings (SSSR count). The largest absolute Gasteiger partial charge is 0.545 e. The van der Waals surface area contributed by atoms with E-state index in [0.29, 0.717) is 12.0 Å². The van der Waals surface area contributed by atoms with Crippen molar-refractivity contribution in [1.29, 1.82) is 0 Å². The maximum absolute atomic E-state index is 10.8. The highest BCUT2D eigenvalue weighted by Crippen LogP contribution is 2.22. The van der Waals surface area contributed by atoms with Crippen LogP contribution in [0.1, 0.15) is 48.2 Å². The molecule has 1 aromatic carbocycles. The summed E-state index contributed by atoms with van der Waals surface area (Å²) in [6.45, 7) is 3.14. The summed E-state index contributed by atoms with van der Waals surface area (Å²) in [5.74, 6) is -1.24. The molecular formula is C17H29NO4. The highest BCUT2D eigenvalue weighted by atomic mass is 16.4. The standard InChI is InChI=1S/C12H16O3.C5H14NO/c1-2-3-8-11(13)9-6-4-5-7-10(9)12(14)15;1-6(2,3)4-5-7/h4-7,11,13H,2-3,8H2,1H3,(H,14,15);7H,4-5H2,1-3H3/q;+1/p-1/t11-;/m1./s1. The Bertz CT molecular complexity index is 441. The highest BCUT2D eigenvalue weighted by molar-refractivity contribution is 5.87. The Balaban J connectivity index is 0.000000534. The zero-order valence-corrected chi connectivity index (χ0v) is 14.1. The van der Waals surface area contributed by atoms with Gasteiger partial charge in [0.15, 0.2) is 0 Å². The lowest BCUT2D eigenvalue weighted by molar-refractivity contribution is -0.870. The molecular weight excluding hydrogens is 282 g/mol. The molecule has 0 aromatic heterocycles. The van der Waals surface area contributed by atoms with E-state index in [1.165, 1.54) is 6.07 Å². The van der Waals surface area contributed by atoms with Crippen LogP contribution in [0.4, 0.5) is 0 Å². The fraction of sp³-hybridized carbons (Fsp3) is 0.588. The van der Waals surface area contributed by atoms with E-state index >= 15 is 0 Å². The third-order valence-electron chi connectivity index (χ3n) is 3.14. The molecule has 126 valence electrons. The summed E-state index contributed by atoms with van der Waals surface area (Å²) in [4.78, 5) is 10.8. The van der Waals surface area contributed by atoms with E-state index in [1.807, 2.05) is 6.92 Å². The summed E-state index contributed by atoms with van der Waals surface area (Å²) in [6.07, 6.45) is 1.73. The van der Waals surface area contributed by atoms with Gasteiger partial charge in [0.05, 0.1) is 39.8 Å². The number of carboxylic acid groups (broad SMARTS) is 1. The number of benzene rings is 1. The number of carbonyl (C=O) groups excluding carboxylic acids is 1. The monoisotopic (exact) mass is 311 g/mol. The third kappa shape index (κ3) is 8.77. The molecule has 0 fully saturated rings. The fourth-order valence-electron chi connectivity index (χ4n) is 1.83. The molecule has 0 spiro atoms. The van der Waals surface area contributed by atoms with E-state index in [4.69, 9.17) is 5.11 Å². The number of likely N-dealkylation sites (N-methyl/N-ethyl adjacent to an activating group) is 1. The summed E-state index contributed by atoms with van der Waals surface area (Å²) in [6, 6.07) is 6.43. The molecule has 5 heteroatoms. The Morgan fingerprint density at radius 1 is 1.27 bits per heavy atom. The number of nitrogens with zero attached hydrogens (tertiary/aromatic N) is 1. The van der Waals surface area contributed by atoms with E-state index in [1.54, 1.807) is 18.2 Å². The minimum absolute atomic E-state index is 0.0844. The topological polar surface area (TPSA) is 80.6 Å². The van der Waals surface area contributed by atoms with E-state index in [0.717, 1.165) is 23.9 Å². The van der Waals surface area contributed by atoms with Gasteiger partial charge >= 0.3 is 0 Å². The third-order valence-corrected chi connectivity index (χ3v) is 3.14. The molecule has 0 saturated heterocycles. The summed E-state index contributed by atoms with van der Waals surface area (Å²) in [7, 11) is 6.16. The lowest BCUT2D eigenvalue weighted by Gasteiger charge is -2.21. The van der Waals surface area contributed by atoms with E-state index < -0.39 is 12.1 Å². The van der Waals surface area contributed by atoms with Crippen molar-refractivity contribution in [2.45, 2.75) is 32.3 Å². The second-order valence-corrected chi connectivity index (χ2v) is 6.27. The van der Waals surface area contributed by atoms with Gasteiger partial charge in [0.2, 0.25) is 0 Å². The maximum Gasteiger partial charge on any atom is 0.101 e. The fourth-order valence-corrected chi connectivity index (χ4v) is 1.83. The molecule has 0 amide bonds. The SMILES string of the molecule is CCCC[C@@H](O)c1ccccc1C(=O)[O-].C[N+](C)(C)CCO. The van der Waals surface area contributed by atoms with Crippen molar-refractivity contribution in [2.24, 2.45) is 0 Å². The predicted molar refractivity (Wildman–Crippen MR) is 85.2 cm³/mol. The van der Waals surface area contributed by atoms with Gasteiger partial charge in [0.25, 0.3) is 0 Å². The molecule has 0 aliphatic heterocycles. The molecule has 1 aromatic rings. The molecule has 0 unspecified atom stereocenters. The lowest BCUT2D eigenvalue weighted by atomic mass is 9.99. The first-order chi connectivity index (χ1) is 10.2. The second kappa shape index (κ2) is 10.3. The van der Waals surface area contributed by atoms with Crippen LogP contribution in [0.2, 0.25) is 0 Å². The number of aromatic carboxylic acids is 1. The Kier molecular flexibility index (Phi) is 9.65. The zero-order valence-electron chi connectivity index (χ0n) is 14.1. The Labute approximate surface area is 133 Å². The van der Waals surface area contributed by atoms with Gasteiger partial charge in [-0.25, -0.2) is 0 Å². The maximum atomic E-state index is 10.8. The molecule has 0 heterocycles. The minimum Gasteiger partial charge on any atom is -0.545 e. The van der Waals surface area contributed by atoms with Crippen molar-refractivity contribution in [1.82, 2.24) is 0 Å². The summed E-state index contributed by atoms with van der Waals surface area (Å²) in [5.41, 5.74) is 0.534. The predicted octanol–water partition coefficient (Wildman–Crippen LogP) is 0.959. The van der Waals surface area contributed by atoms with E-state index in [9.17, 15) is 15.0 Å². The Morgan fingerprint density at radius 2 is 1.86 bits per heavy atom. The Morgan fingerprint density at radius 3 is 2.27 bits per heavy atom. The molecule has 0 bridgehead atoms. The van der Waals surface area contributed by atoms with Crippen LogP contribution in [0, 0.1) is 0 Å². The number of quaternary nitrogens is 1. The average molecular weight is 311 g/mol. The number of carbonyl (C=O) groups is 1. The number of aliphatic hydroxyl groups is 2. The number of hydrogen-bond acceptors (Lipinski definition) is 4. The van der Waals surface area contributed by atoms with Crippen molar-refractivity contribution in [3.8, 4) is 0 Å². The van der Waals surface area contributed by atoms with Gasteiger partial charge in [-0.15, -0.1) is 0 Å². The zero-order chi connectivity index (χ0) is 17.2. The molecule has 0 radical (unpaired) electrons. The van der Waals surface area contributed by atoms with Crippen LogP contribution >= 0.6 is 0 Å².